The number of rotatable bonds is 4. The molecule has 0 amide bonds. The number of nitrogens with one attached hydrogen (secondary N) is 1. The highest BCUT2D eigenvalue weighted by molar-refractivity contribution is 6.02. The van der Waals surface area contributed by atoms with Crippen LogP contribution >= 0.6 is 0 Å². The Labute approximate surface area is 148 Å². The Morgan fingerprint density at radius 3 is 2.68 bits per heavy atom. The maximum absolute atomic E-state index is 11.9. The van der Waals surface area contributed by atoms with Gasteiger partial charge in [-0.25, -0.2) is 0 Å². The van der Waals surface area contributed by atoms with E-state index in [0.717, 1.165) is 54.1 Å². The van der Waals surface area contributed by atoms with Crippen LogP contribution in [0, 0.1) is 0 Å². The zero-order chi connectivity index (χ0) is 17.2. The van der Waals surface area contributed by atoms with Crippen molar-refractivity contribution < 1.29 is 4.79 Å². The molecular formula is C20H24N4O. The van der Waals surface area contributed by atoms with Crippen LogP contribution in [0.3, 0.4) is 0 Å². The first kappa shape index (κ1) is 16.4. The third-order valence-electron chi connectivity index (χ3n) is 5.40. The smallest absolute Gasteiger partial charge is 0.163 e. The molecule has 1 fully saturated rings. The molecule has 0 atom stereocenters. The van der Waals surface area contributed by atoms with Crippen molar-refractivity contribution in [2.24, 2.45) is 0 Å². The number of piperidine rings is 1. The van der Waals surface area contributed by atoms with Gasteiger partial charge in [-0.05, 0) is 45.0 Å². The molecule has 25 heavy (non-hydrogen) atoms. The first-order valence-corrected chi connectivity index (χ1v) is 9.10. The molecule has 2 heterocycles. The van der Waals surface area contributed by atoms with Crippen molar-refractivity contribution in [3.63, 3.8) is 0 Å². The molecule has 0 spiro atoms. The molecule has 1 aliphatic heterocycles. The summed E-state index contributed by atoms with van der Waals surface area (Å²) in [7, 11) is 2.17. The maximum Gasteiger partial charge on any atom is 0.163 e. The van der Waals surface area contributed by atoms with Crippen LogP contribution in [0.2, 0.25) is 0 Å². The molecule has 4 rings (SSSR count). The lowest BCUT2D eigenvalue weighted by molar-refractivity contribution is 0.0994. The fourth-order valence-electron chi connectivity index (χ4n) is 3.94. The second kappa shape index (κ2) is 7.02. The minimum absolute atomic E-state index is 0.241. The van der Waals surface area contributed by atoms with Crippen molar-refractivity contribution in [3.8, 4) is 11.3 Å². The van der Waals surface area contributed by atoms with E-state index in [1.165, 1.54) is 12.8 Å². The normalized spacial score (nSPS) is 17.9. The fourth-order valence-corrected chi connectivity index (χ4v) is 3.94. The zero-order valence-corrected chi connectivity index (χ0v) is 14.7. The quantitative estimate of drug-likeness (QED) is 0.929. The van der Waals surface area contributed by atoms with Gasteiger partial charge in [0.1, 0.15) is 0 Å². The third kappa shape index (κ3) is 3.34. The highest BCUT2D eigenvalue weighted by atomic mass is 16.1. The minimum Gasteiger partial charge on any atom is -0.317 e. The Kier molecular flexibility index (Phi) is 4.59. The van der Waals surface area contributed by atoms with Gasteiger partial charge in [0.05, 0.1) is 23.8 Å². The summed E-state index contributed by atoms with van der Waals surface area (Å²) in [5.41, 5.74) is 4.89. The van der Waals surface area contributed by atoms with Gasteiger partial charge < -0.3 is 5.32 Å². The summed E-state index contributed by atoms with van der Waals surface area (Å²) in [4.78, 5) is 23.6. The SMILES string of the molecule is CN(Cc1cnc(-c2cccc3c2CCC3=O)cn1)C1CCNCC1. The standard InChI is InChI=1S/C20H24N4O/c1-24(15-7-9-21-10-8-15)13-14-11-23-19(12-22-14)17-3-2-4-18-16(17)5-6-20(18)25/h2-4,11-12,15,21H,5-10,13H2,1H3. The summed E-state index contributed by atoms with van der Waals surface area (Å²) in [6.07, 6.45) is 7.52. The second-order valence-electron chi connectivity index (χ2n) is 7.04. The fraction of sp³-hybridized carbons (Fsp3) is 0.450. The number of fused-ring (bicyclic) bond motifs is 1. The Morgan fingerprint density at radius 2 is 1.92 bits per heavy atom. The van der Waals surface area contributed by atoms with Crippen LogP contribution in [0.5, 0.6) is 0 Å². The topological polar surface area (TPSA) is 58.1 Å². The van der Waals surface area contributed by atoms with Crippen LogP contribution in [-0.2, 0) is 13.0 Å². The van der Waals surface area contributed by atoms with E-state index in [0.29, 0.717) is 12.5 Å². The Hall–Kier alpha value is -2.11. The second-order valence-corrected chi connectivity index (χ2v) is 7.04. The van der Waals surface area contributed by atoms with Crippen molar-refractivity contribution in [1.82, 2.24) is 20.2 Å². The summed E-state index contributed by atoms with van der Waals surface area (Å²) in [5, 5.41) is 3.40. The lowest BCUT2D eigenvalue weighted by atomic mass is 10.0. The van der Waals surface area contributed by atoms with Gasteiger partial charge in [0.15, 0.2) is 5.78 Å². The van der Waals surface area contributed by atoms with Crippen LogP contribution in [0.25, 0.3) is 11.3 Å². The highest BCUT2D eigenvalue weighted by Crippen LogP contribution is 2.31. The molecule has 0 unspecified atom stereocenters. The molecule has 1 aromatic heterocycles. The van der Waals surface area contributed by atoms with E-state index in [1.54, 1.807) is 0 Å². The first-order valence-electron chi connectivity index (χ1n) is 9.10. The predicted molar refractivity (Wildman–Crippen MR) is 97.5 cm³/mol. The van der Waals surface area contributed by atoms with Crippen molar-refractivity contribution in [2.75, 3.05) is 20.1 Å². The van der Waals surface area contributed by atoms with E-state index in [9.17, 15) is 4.79 Å². The molecule has 0 saturated carbocycles. The van der Waals surface area contributed by atoms with E-state index in [1.807, 2.05) is 30.6 Å². The molecule has 130 valence electrons. The van der Waals surface area contributed by atoms with Crippen molar-refractivity contribution >= 4 is 5.78 Å². The molecule has 1 aliphatic carbocycles. The number of hydrogen-bond acceptors (Lipinski definition) is 5. The van der Waals surface area contributed by atoms with Crippen LogP contribution < -0.4 is 5.32 Å². The van der Waals surface area contributed by atoms with Crippen LogP contribution in [0.15, 0.2) is 30.6 Å². The summed E-state index contributed by atoms with van der Waals surface area (Å²) in [6, 6.07) is 6.52. The molecule has 2 aliphatic rings. The van der Waals surface area contributed by atoms with E-state index in [-0.39, 0.29) is 5.78 Å². The lowest BCUT2D eigenvalue weighted by Crippen LogP contribution is -2.40. The molecule has 1 N–H and O–H groups in total. The van der Waals surface area contributed by atoms with Gasteiger partial charge in [-0.3, -0.25) is 19.7 Å². The van der Waals surface area contributed by atoms with Gasteiger partial charge in [-0.1, -0.05) is 18.2 Å². The number of ketones is 1. The van der Waals surface area contributed by atoms with Crippen LogP contribution in [-0.4, -0.2) is 46.8 Å². The molecule has 5 heteroatoms. The molecular weight excluding hydrogens is 312 g/mol. The van der Waals surface area contributed by atoms with E-state index in [4.69, 9.17) is 0 Å². The molecule has 0 radical (unpaired) electrons. The van der Waals surface area contributed by atoms with Gasteiger partial charge >= 0.3 is 0 Å². The van der Waals surface area contributed by atoms with Gasteiger partial charge in [-0.15, -0.1) is 0 Å². The average Bonchev–Trinajstić information content (AvgIpc) is 3.04. The largest absolute Gasteiger partial charge is 0.317 e. The number of nitrogens with zero attached hydrogens (tertiary/aromatic N) is 3. The molecule has 1 aromatic carbocycles. The Bertz CT molecular complexity index is 766. The van der Waals surface area contributed by atoms with Crippen LogP contribution in [0.1, 0.15) is 40.9 Å². The number of carbonyl (C=O) groups is 1. The maximum atomic E-state index is 11.9. The summed E-state index contributed by atoms with van der Waals surface area (Å²) < 4.78 is 0. The van der Waals surface area contributed by atoms with E-state index < -0.39 is 0 Å². The number of Topliss-reactive ketones (excluding diaryl/α,β-unsaturated/α-hetero) is 1. The predicted octanol–water partition coefficient (Wildman–Crippen LogP) is 2.46. The molecule has 1 saturated heterocycles. The van der Waals surface area contributed by atoms with E-state index in [2.05, 4.69) is 27.2 Å². The van der Waals surface area contributed by atoms with Gasteiger partial charge in [-0.2, -0.15) is 0 Å². The van der Waals surface area contributed by atoms with Crippen molar-refractivity contribution in [3.05, 3.63) is 47.4 Å². The Balaban J connectivity index is 1.50. The summed E-state index contributed by atoms with van der Waals surface area (Å²) in [6.45, 7) is 3.01. The summed E-state index contributed by atoms with van der Waals surface area (Å²) in [5.74, 6) is 0.241. The number of benzene rings is 1. The molecule has 0 bridgehead atoms. The monoisotopic (exact) mass is 336 g/mol. The van der Waals surface area contributed by atoms with Crippen LogP contribution in [0.4, 0.5) is 0 Å². The molecule has 2 aromatic rings. The number of carbonyl (C=O) groups excluding carboxylic acids is 1. The summed E-state index contributed by atoms with van der Waals surface area (Å²) >= 11 is 0. The van der Waals surface area contributed by atoms with Crippen molar-refractivity contribution in [2.45, 2.75) is 38.3 Å². The van der Waals surface area contributed by atoms with E-state index >= 15 is 0 Å². The zero-order valence-electron chi connectivity index (χ0n) is 14.7. The molecule has 5 nitrogen and oxygen atoms in total. The first-order chi connectivity index (χ1) is 12.2. The highest BCUT2D eigenvalue weighted by Gasteiger charge is 2.23. The third-order valence-corrected chi connectivity index (χ3v) is 5.40. The number of aromatic nitrogens is 2. The van der Waals surface area contributed by atoms with Crippen molar-refractivity contribution in [1.29, 1.82) is 0 Å². The van der Waals surface area contributed by atoms with Gasteiger partial charge in [0.25, 0.3) is 0 Å². The van der Waals surface area contributed by atoms with Gasteiger partial charge in [0, 0.05) is 30.1 Å². The lowest BCUT2D eigenvalue weighted by Gasteiger charge is -2.31. The number of hydrogen-bond donors (Lipinski definition) is 1. The minimum atomic E-state index is 0.241. The average molecular weight is 336 g/mol. The van der Waals surface area contributed by atoms with Gasteiger partial charge in [0.2, 0.25) is 0 Å². The Morgan fingerprint density at radius 1 is 1.12 bits per heavy atom.